The van der Waals surface area contributed by atoms with E-state index in [9.17, 15) is 4.79 Å². The number of urea groups is 1. The molecule has 0 radical (unpaired) electrons. The highest BCUT2D eigenvalue weighted by Crippen LogP contribution is 2.27. The van der Waals surface area contributed by atoms with Crippen molar-refractivity contribution in [1.29, 1.82) is 0 Å². The standard InChI is InChI=1S/C11H22N2O/c1-4-6-9-13(10-7-8-10)11(14)12(3)5-2/h10H,4-9H2,1-3H3. The highest BCUT2D eigenvalue weighted by molar-refractivity contribution is 5.74. The number of hydrogen-bond acceptors (Lipinski definition) is 1. The Hall–Kier alpha value is -0.730. The van der Waals surface area contributed by atoms with Crippen molar-refractivity contribution < 1.29 is 4.79 Å². The van der Waals surface area contributed by atoms with Crippen molar-refractivity contribution in [3.05, 3.63) is 0 Å². The van der Waals surface area contributed by atoms with E-state index in [0.29, 0.717) is 6.04 Å². The summed E-state index contributed by atoms with van der Waals surface area (Å²) in [7, 11) is 1.88. The molecule has 82 valence electrons. The van der Waals surface area contributed by atoms with Gasteiger partial charge in [-0.25, -0.2) is 4.79 Å². The fraction of sp³-hybridized carbons (Fsp3) is 0.909. The van der Waals surface area contributed by atoms with Crippen molar-refractivity contribution >= 4 is 6.03 Å². The van der Waals surface area contributed by atoms with Gasteiger partial charge in [-0.05, 0) is 26.2 Å². The topological polar surface area (TPSA) is 23.6 Å². The van der Waals surface area contributed by atoms with Crippen molar-refractivity contribution in [2.75, 3.05) is 20.1 Å². The molecule has 2 amide bonds. The zero-order valence-electron chi connectivity index (χ0n) is 9.62. The van der Waals surface area contributed by atoms with Gasteiger partial charge >= 0.3 is 6.03 Å². The molecule has 0 spiro atoms. The van der Waals surface area contributed by atoms with Crippen LogP contribution in [-0.2, 0) is 0 Å². The average molecular weight is 198 g/mol. The van der Waals surface area contributed by atoms with Crippen LogP contribution in [-0.4, -0.2) is 42.0 Å². The fourth-order valence-corrected chi connectivity index (χ4v) is 1.50. The summed E-state index contributed by atoms with van der Waals surface area (Å²) in [4.78, 5) is 15.8. The Labute approximate surface area is 87.1 Å². The molecular formula is C11H22N2O. The molecule has 0 aliphatic heterocycles. The first kappa shape index (κ1) is 11.3. The first-order chi connectivity index (χ1) is 6.70. The van der Waals surface area contributed by atoms with Gasteiger partial charge in [-0.2, -0.15) is 0 Å². The predicted molar refractivity (Wildman–Crippen MR) is 58.3 cm³/mol. The minimum Gasteiger partial charge on any atom is -0.328 e. The number of unbranched alkanes of at least 4 members (excludes halogenated alkanes) is 1. The summed E-state index contributed by atoms with van der Waals surface area (Å²) in [6.45, 7) is 5.92. The summed E-state index contributed by atoms with van der Waals surface area (Å²) >= 11 is 0. The summed E-state index contributed by atoms with van der Waals surface area (Å²) in [5.41, 5.74) is 0. The molecule has 1 rings (SSSR count). The molecule has 1 aliphatic rings. The van der Waals surface area contributed by atoms with Gasteiger partial charge in [-0.3, -0.25) is 0 Å². The van der Waals surface area contributed by atoms with E-state index in [0.717, 1.165) is 25.9 Å². The Morgan fingerprint density at radius 2 is 2.00 bits per heavy atom. The lowest BCUT2D eigenvalue weighted by atomic mass is 10.3. The molecule has 1 fully saturated rings. The smallest absolute Gasteiger partial charge is 0.319 e. The van der Waals surface area contributed by atoms with Crippen LogP contribution >= 0.6 is 0 Å². The summed E-state index contributed by atoms with van der Waals surface area (Å²) in [6.07, 6.45) is 4.69. The molecule has 0 bridgehead atoms. The molecule has 0 saturated heterocycles. The van der Waals surface area contributed by atoms with Crippen molar-refractivity contribution in [1.82, 2.24) is 9.80 Å². The van der Waals surface area contributed by atoms with Gasteiger partial charge in [0.25, 0.3) is 0 Å². The Bertz CT molecular complexity index is 190. The summed E-state index contributed by atoms with van der Waals surface area (Å²) in [5, 5.41) is 0. The van der Waals surface area contributed by atoms with Crippen molar-refractivity contribution in [2.45, 2.75) is 45.6 Å². The second-order valence-corrected chi connectivity index (χ2v) is 4.07. The third-order valence-corrected chi connectivity index (χ3v) is 2.79. The minimum absolute atomic E-state index is 0.212. The van der Waals surface area contributed by atoms with E-state index in [4.69, 9.17) is 0 Å². The second kappa shape index (κ2) is 5.23. The molecule has 0 aromatic rings. The normalized spacial score (nSPS) is 15.4. The number of hydrogen-bond donors (Lipinski definition) is 0. The van der Waals surface area contributed by atoms with Gasteiger partial charge in [0.05, 0.1) is 0 Å². The highest BCUT2D eigenvalue weighted by atomic mass is 16.2. The zero-order chi connectivity index (χ0) is 10.6. The van der Waals surface area contributed by atoms with E-state index in [1.54, 1.807) is 4.90 Å². The number of nitrogens with zero attached hydrogens (tertiary/aromatic N) is 2. The lowest BCUT2D eigenvalue weighted by Crippen LogP contribution is -2.42. The highest BCUT2D eigenvalue weighted by Gasteiger charge is 2.33. The molecule has 14 heavy (non-hydrogen) atoms. The number of carbonyl (C=O) groups is 1. The Balaban J connectivity index is 2.44. The third-order valence-electron chi connectivity index (χ3n) is 2.79. The predicted octanol–water partition coefficient (Wildman–Crippen LogP) is 2.32. The molecule has 3 nitrogen and oxygen atoms in total. The zero-order valence-corrected chi connectivity index (χ0v) is 9.62. The molecule has 0 aromatic carbocycles. The average Bonchev–Trinajstić information content (AvgIpc) is 3.01. The maximum Gasteiger partial charge on any atom is 0.319 e. The van der Waals surface area contributed by atoms with Crippen LogP contribution in [0.3, 0.4) is 0 Å². The number of amides is 2. The lowest BCUT2D eigenvalue weighted by Gasteiger charge is -2.27. The molecule has 3 heteroatoms. The van der Waals surface area contributed by atoms with Crippen LogP contribution in [0.2, 0.25) is 0 Å². The first-order valence-corrected chi connectivity index (χ1v) is 5.72. The van der Waals surface area contributed by atoms with Gasteiger partial charge in [0, 0.05) is 26.2 Å². The first-order valence-electron chi connectivity index (χ1n) is 5.72. The van der Waals surface area contributed by atoms with Gasteiger partial charge in [0.2, 0.25) is 0 Å². The molecule has 0 unspecified atom stereocenters. The fourth-order valence-electron chi connectivity index (χ4n) is 1.50. The molecule has 1 saturated carbocycles. The number of rotatable bonds is 5. The Morgan fingerprint density at radius 3 is 2.43 bits per heavy atom. The van der Waals surface area contributed by atoms with Gasteiger partial charge in [-0.15, -0.1) is 0 Å². The lowest BCUT2D eigenvalue weighted by molar-refractivity contribution is 0.161. The van der Waals surface area contributed by atoms with Gasteiger partial charge < -0.3 is 9.80 Å². The van der Waals surface area contributed by atoms with Crippen LogP contribution in [0.15, 0.2) is 0 Å². The summed E-state index contributed by atoms with van der Waals surface area (Å²) in [5.74, 6) is 0. The molecule has 1 aliphatic carbocycles. The van der Waals surface area contributed by atoms with E-state index in [1.807, 2.05) is 18.9 Å². The van der Waals surface area contributed by atoms with Crippen molar-refractivity contribution in [3.8, 4) is 0 Å². The monoisotopic (exact) mass is 198 g/mol. The van der Waals surface area contributed by atoms with Crippen LogP contribution in [0.4, 0.5) is 4.79 Å². The van der Waals surface area contributed by atoms with E-state index in [1.165, 1.54) is 12.8 Å². The maximum absolute atomic E-state index is 11.9. The van der Waals surface area contributed by atoms with Crippen molar-refractivity contribution in [2.24, 2.45) is 0 Å². The van der Waals surface area contributed by atoms with E-state index in [2.05, 4.69) is 6.92 Å². The van der Waals surface area contributed by atoms with E-state index < -0.39 is 0 Å². The van der Waals surface area contributed by atoms with E-state index in [-0.39, 0.29) is 6.03 Å². The molecule has 0 N–H and O–H groups in total. The Kier molecular flexibility index (Phi) is 4.23. The third kappa shape index (κ3) is 2.89. The minimum atomic E-state index is 0.212. The molecule has 0 heterocycles. The SMILES string of the molecule is CCCCN(C(=O)N(C)CC)C1CC1. The quantitative estimate of drug-likeness (QED) is 0.665. The molecular weight excluding hydrogens is 176 g/mol. The Morgan fingerprint density at radius 1 is 1.36 bits per heavy atom. The summed E-state index contributed by atoms with van der Waals surface area (Å²) in [6, 6.07) is 0.756. The van der Waals surface area contributed by atoms with Crippen LogP contribution in [0, 0.1) is 0 Å². The largest absolute Gasteiger partial charge is 0.328 e. The van der Waals surface area contributed by atoms with E-state index >= 15 is 0 Å². The molecule has 0 atom stereocenters. The molecule has 0 aromatic heterocycles. The van der Waals surface area contributed by atoms with Crippen LogP contribution in [0.25, 0.3) is 0 Å². The van der Waals surface area contributed by atoms with Gasteiger partial charge in [-0.1, -0.05) is 13.3 Å². The van der Waals surface area contributed by atoms with Crippen molar-refractivity contribution in [3.63, 3.8) is 0 Å². The van der Waals surface area contributed by atoms with Gasteiger partial charge in [0.1, 0.15) is 0 Å². The summed E-state index contributed by atoms with van der Waals surface area (Å²) < 4.78 is 0. The second-order valence-electron chi connectivity index (χ2n) is 4.07. The van der Waals surface area contributed by atoms with Gasteiger partial charge in [0.15, 0.2) is 0 Å². The van der Waals surface area contributed by atoms with Crippen LogP contribution in [0.5, 0.6) is 0 Å². The van der Waals surface area contributed by atoms with Crippen LogP contribution < -0.4 is 0 Å². The van der Waals surface area contributed by atoms with Crippen LogP contribution in [0.1, 0.15) is 39.5 Å². The maximum atomic E-state index is 11.9. The number of carbonyl (C=O) groups excluding carboxylic acids is 1.